The molecule has 1 aromatic heterocycles. The summed E-state index contributed by atoms with van der Waals surface area (Å²) in [6, 6.07) is 0.698. The number of aromatic nitrogens is 3. The van der Waals surface area contributed by atoms with Gasteiger partial charge in [0.05, 0.1) is 0 Å². The molecule has 1 saturated heterocycles. The molecule has 1 aliphatic carbocycles. The third-order valence-corrected chi connectivity index (χ3v) is 4.23. The van der Waals surface area contributed by atoms with Gasteiger partial charge in [0, 0.05) is 11.5 Å². The predicted octanol–water partition coefficient (Wildman–Crippen LogP) is 1.64. The largest absolute Gasteiger partial charge is 0.317 e. The monoisotopic (exact) mass is 220 g/mol. The molecule has 2 fully saturated rings. The van der Waals surface area contributed by atoms with Crippen LogP contribution in [0.5, 0.6) is 0 Å². The molecule has 0 bridgehead atoms. The Hall–Kier alpha value is -0.900. The van der Waals surface area contributed by atoms with Crippen LogP contribution in [-0.4, -0.2) is 27.9 Å². The van der Waals surface area contributed by atoms with E-state index >= 15 is 0 Å². The molecule has 0 radical (unpaired) electrons. The predicted molar refractivity (Wildman–Crippen MR) is 62.4 cm³/mol. The van der Waals surface area contributed by atoms with Crippen LogP contribution in [0.25, 0.3) is 0 Å². The molecule has 0 aromatic carbocycles. The van der Waals surface area contributed by atoms with Gasteiger partial charge in [-0.15, -0.1) is 10.2 Å². The second-order valence-electron chi connectivity index (χ2n) is 5.18. The summed E-state index contributed by atoms with van der Waals surface area (Å²) in [7, 11) is 0. The molecule has 2 heterocycles. The normalized spacial score (nSPS) is 24.6. The van der Waals surface area contributed by atoms with Crippen LogP contribution < -0.4 is 5.32 Å². The number of hydrogen-bond donors (Lipinski definition) is 1. The van der Waals surface area contributed by atoms with Crippen molar-refractivity contribution in [2.24, 2.45) is 0 Å². The van der Waals surface area contributed by atoms with Gasteiger partial charge in [-0.3, -0.25) is 0 Å². The lowest BCUT2D eigenvalue weighted by molar-refractivity contribution is 0.272. The van der Waals surface area contributed by atoms with Crippen LogP contribution in [0.1, 0.15) is 50.9 Å². The molecule has 1 saturated carbocycles. The molecule has 16 heavy (non-hydrogen) atoms. The Labute approximate surface area is 96.4 Å². The highest BCUT2D eigenvalue weighted by molar-refractivity contribution is 5.12. The first kappa shape index (κ1) is 10.3. The van der Waals surface area contributed by atoms with E-state index in [1.807, 2.05) is 6.33 Å². The molecular weight excluding hydrogens is 200 g/mol. The van der Waals surface area contributed by atoms with Crippen LogP contribution in [0.15, 0.2) is 6.33 Å². The summed E-state index contributed by atoms with van der Waals surface area (Å²) in [4.78, 5) is 0. The summed E-state index contributed by atoms with van der Waals surface area (Å²) >= 11 is 0. The third-order valence-electron chi connectivity index (χ3n) is 4.23. The van der Waals surface area contributed by atoms with E-state index in [9.17, 15) is 0 Å². The van der Waals surface area contributed by atoms with Gasteiger partial charge >= 0.3 is 0 Å². The molecule has 0 amide bonds. The average molecular weight is 220 g/mol. The lowest BCUT2D eigenvalue weighted by atomic mass is 9.76. The molecule has 88 valence electrons. The van der Waals surface area contributed by atoms with Gasteiger partial charge in [-0.05, 0) is 45.2 Å². The molecule has 0 unspecified atom stereocenters. The van der Waals surface area contributed by atoms with Crippen LogP contribution in [0.3, 0.4) is 0 Å². The van der Waals surface area contributed by atoms with Crippen LogP contribution in [-0.2, 0) is 5.41 Å². The van der Waals surface area contributed by atoms with Crippen LogP contribution in [0.4, 0.5) is 0 Å². The van der Waals surface area contributed by atoms with Crippen molar-refractivity contribution in [3.63, 3.8) is 0 Å². The topological polar surface area (TPSA) is 42.7 Å². The minimum absolute atomic E-state index is 0.282. The van der Waals surface area contributed by atoms with E-state index in [-0.39, 0.29) is 5.41 Å². The van der Waals surface area contributed by atoms with E-state index in [2.05, 4.69) is 27.0 Å². The lowest BCUT2D eigenvalue weighted by Gasteiger charge is -2.36. The molecule has 4 nitrogen and oxygen atoms in total. The summed E-state index contributed by atoms with van der Waals surface area (Å²) in [5.41, 5.74) is 0.282. The SMILES string of the molecule is CCC1(c2nncn2C2CC2)CCNCC1. The van der Waals surface area contributed by atoms with Gasteiger partial charge in [-0.25, -0.2) is 0 Å². The smallest absolute Gasteiger partial charge is 0.139 e. The zero-order valence-corrected chi connectivity index (χ0v) is 9.95. The molecule has 0 spiro atoms. The molecule has 4 heteroatoms. The molecule has 2 aliphatic rings. The van der Waals surface area contributed by atoms with Crippen LogP contribution in [0.2, 0.25) is 0 Å². The first-order valence-electron chi connectivity index (χ1n) is 6.46. The highest BCUT2D eigenvalue weighted by Crippen LogP contribution is 2.41. The highest BCUT2D eigenvalue weighted by atomic mass is 15.3. The average Bonchev–Trinajstić information content (AvgIpc) is 3.07. The second-order valence-corrected chi connectivity index (χ2v) is 5.18. The van der Waals surface area contributed by atoms with Crippen molar-refractivity contribution < 1.29 is 0 Å². The number of piperidine rings is 1. The van der Waals surface area contributed by atoms with Gasteiger partial charge in [0.1, 0.15) is 12.2 Å². The first-order valence-corrected chi connectivity index (χ1v) is 6.46. The number of nitrogens with zero attached hydrogens (tertiary/aromatic N) is 3. The lowest BCUT2D eigenvalue weighted by Crippen LogP contribution is -2.41. The standard InChI is InChI=1S/C12H20N4/c1-2-12(5-7-13-8-6-12)11-15-14-9-16(11)10-3-4-10/h9-10,13H,2-8H2,1H3. The van der Waals surface area contributed by atoms with Gasteiger partial charge < -0.3 is 9.88 Å². The van der Waals surface area contributed by atoms with Crippen molar-refractivity contribution in [1.82, 2.24) is 20.1 Å². The molecule has 1 aliphatic heterocycles. The second kappa shape index (κ2) is 3.84. The zero-order chi connectivity index (χ0) is 11.0. The number of rotatable bonds is 3. The number of hydrogen-bond acceptors (Lipinski definition) is 3. The quantitative estimate of drug-likeness (QED) is 0.842. The van der Waals surface area contributed by atoms with E-state index in [1.54, 1.807) is 0 Å². The van der Waals surface area contributed by atoms with E-state index in [0.717, 1.165) is 13.1 Å². The van der Waals surface area contributed by atoms with E-state index in [0.29, 0.717) is 6.04 Å². The van der Waals surface area contributed by atoms with Crippen molar-refractivity contribution in [2.45, 2.75) is 50.5 Å². The van der Waals surface area contributed by atoms with E-state index in [4.69, 9.17) is 0 Å². The van der Waals surface area contributed by atoms with Gasteiger partial charge in [0.15, 0.2) is 0 Å². The summed E-state index contributed by atoms with van der Waals surface area (Å²) in [6.45, 7) is 4.52. The third kappa shape index (κ3) is 1.56. The molecule has 1 aromatic rings. The Morgan fingerprint density at radius 2 is 2.19 bits per heavy atom. The van der Waals surface area contributed by atoms with Gasteiger partial charge in [-0.1, -0.05) is 6.92 Å². The van der Waals surface area contributed by atoms with Gasteiger partial charge in [0.2, 0.25) is 0 Å². The van der Waals surface area contributed by atoms with Gasteiger partial charge in [0.25, 0.3) is 0 Å². The van der Waals surface area contributed by atoms with E-state index < -0.39 is 0 Å². The molecule has 3 rings (SSSR count). The maximum atomic E-state index is 4.43. The fraction of sp³-hybridized carbons (Fsp3) is 0.833. The molecule has 1 N–H and O–H groups in total. The zero-order valence-electron chi connectivity index (χ0n) is 9.95. The Morgan fingerprint density at radius 1 is 1.44 bits per heavy atom. The summed E-state index contributed by atoms with van der Waals surface area (Å²) < 4.78 is 2.34. The van der Waals surface area contributed by atoms with Crippen molar-refractivity contribution >= 4 is 0 Å². The minimum atomic E-state index is 0.282. The van der Waals surface area contributed by atoms with Crippen LogP contribution in [0, 0.1) is 0 Å². The maximum absolute atomic E-state index is 4.43. The Bertz CT molecular complexity index is 361. The van der Waals surface area contributed by atoms with Crippen molar-refractivity contribution in [3.05, 3.63) is 12.2 Å². The van der Waals surface area contributed by atoms with E-state index in [1.165, 1.54) is 37.9 Å². The maximum Gasteiger partial charge on any atom is 0.139 e. The fourth-order valence-electron chi connectivity index (χ4n) is 2.88. The highest BCUT2D eigenvalue weighted by Gasteiger charge is 2.39. The fourth-order valence-corrected chi connectivity index (χ4v) is 2.88. The summed E-state index contributed by atoms with van der Waals surface area (Å²) in [5, 5.41) is 12.0. The summed E-state index contributed by atoms with van der Waals surface area (Å²) in [5.74, 6) is 1.25. The van der Waals surface area contributed by atoms with Gasteiger partial charge in [-0.2, -0.15) is 0 Å². The Morgan fingerprint density at radius 3 is 2.81 bits per heavy atom. The molecular formula is C12H20N4. The summed E-state index contributed by atoms with van der Waals surface area (Å²) in [6.07, 6.45) is 8.14. The van der Waals surface area contributed by atoms with Crippen LogP contribution >= 0.6 is 0 Å². The Kier molecular flexibility index (Phi) is 2.46. The minimum Gasteiger partial charge on any atom is -0.317 e. The first-order chi connectivity index (χ1) is 7.86. The Balaban J connectivity index is 1.95. The van der Waals surface area contributed by atoms with Crippen molar-refractivity contribution in [3.8, 4) is 0 Å². The van der Waals surface area contributed by atoms with Crippen molar-refractivity contribution in [1.29, 1.82) is 0 Å². The van der Waals surface area contributed by atoms with Crippen molar-refractivity contribution in [2.75, 3.05) is 13.1 Å². The number of nitrogens with one attached hydrogen (secondary N) is 1. The molecule has 0 atom stereocenters.